The van der Waals surface area contributed by atoms with Crippen LogP contribution in [0.1, 0.15) is 33.5 Å². The van der Waals surface area contributed by atoms with Crippen LogP contribution in [0.25, 0.3) is 11.1 Å². The third-order valence-electron chi connectivity index (χ3n) is 5.34. The van der Waals surface area contributed by atoms with Gasteiger partial charge in [-0.25, -0.2) is 0 Å². The van der Waals surface area contributed by atoms with E-state index in [1.165, 1.54) is 11.8 Å². The van der Waals surface area contributed by atoms with Crippen LogP contribution in [0.3, 0.4) is 0 Å². The minimum absolute atomic E-state index is 0. The molecular formula is C27H28LiNO4S. The average Bonchev–Trinajstić information content (AvgIpc) is 2.82. The number of hydrogen-bond acceptors (Lipinski definition) is 5. The van der Waals surface area contributed by atoms with E-state index in [0.717, 1.165) is 27.8 Å². The number of aryl methyl sites for hydroxylation is 1. The van der Waals surface area contributed by atoms with E-state index in [0.29, 0.717) is 31.0 Å². The Labute approximate surface area is 217 Å². The summed E-state index contributed by atoms with van der Waals surface area (Å²) in [5.41, 5.74) is 5.13. The zero-order chi connectivity index (χ0) is 23.6. The number of nitrogens with one attached hydrogen (secondary N) is 1. The van der Waals surface area contributed by atoms with Crippen molar-refractivity contribution in [1.29, 1.82) is 0 Å². The molecule has 0 saturated carbocycles. The van der Waals surface area contributed by atoms with Crippen LogP contribution in [-0.2, 0) is 22.7 Å². The Bertz CT molecular complexity index is 1090. The number of carbonyl (C=O) groups is 2. The maximum absolute atomic E-state index is 13.1. The number of rotatable bonds is 11. The van der Waals surface area contributed by atoms with Crippen molar-refractivity contribution in [3.05, 3.63) is 95.1 Å². The Morgan fingerprint density at radius 3 is 2.29 bits per heavy atom. The fourth-order valence-electron chi connectivity index (χ4n) is 3.56. The Morgan fingerprint density at radius 1 is 0.941 bits per heavy atom. The van der Waals surface area contributed by atoms with Gasteiger partial charge >= 0.3 is 18.9 Å². The number of carboxylic acids is 1. The van der Waals surface area contributed by atoms with Crippen molar-refractivity contribution < 1.29 is 38.3 Å². The van der Waals surface area contributed by atoms with Gasteiger partial charge in [0.2, 0.25) is 0 Å². The summed E-state index contributed by atoms with van der Waals surface area (Å²) >= 11 is 1.52. The van der Waals surface area contributed by atoms with Crippen LogP contribution >= 0.6 is 11.8 Å². The largest absolute Gasteiger partial charge is 1.00 e. The van der Waals surface area contributed by atoms with E-state index < -0.39 is 17.9 Å². The molecule has 0 aliphatic heterocycles. The molecule has 172 valence electrons. The SMILES string of the molecule is CSCC[C@H](NC(=O)c1ccc(COCc2ccccc2)cc1-c1ccccc1C)C(=O)[O-].[Li+]. The van der Waals surface area contributed by atoms with Crippen LogP contribution in [0.15, 0.2) is 72.8 Å². The van der Waals surface area contributed by atoms with Crippen molar-refractivity contribution in [2.45, 2.75) is 32.6 Å². The average molecular weight is 470 g/mol. The molecule has 1 amide bonds. The van der Waals surface area contributed by atoms with E-state index in [-0.39, 0.29) is 18.9 Å². The minimum atomic E-state index is -1.28. The first-order valence-corrected chi connectivity index (χ1v) is 12.2. The fraction of sp³-hybridized carbons (Fsp3) is 0.259. The van der Waals surface area contributed by atoms with Crippen molar-refractivity contribution in [2.24, 2.45) is 0 Å². The molecule has 7 heteroatoms. The van der Waals surface area contributed by atoms with Gasteiger partial charge in [0.25, 0.3) is 5.91 Å². The molecule has 0 aromatic heterocycles. The molecule has 34 heavy (non-hydrogen) atoms. The monoisotopic (exact) mass is 469 g/mol. The molecule has 1 atom stereocenters. The normalized spacial score (nSPS) is 11.4. The first-order chi connectivity index (χ1) is 16.0. The van der Waals surface area contributed by atoms with Gasteiger partial charge in [0.05, 0.1) is 25.2 Å². The van der Waals surface area contributed by atoms with Crippen LogP contribution in [0, 0.1) is 6.92 Å². The van der Waals surface area contributed by atoms with Gasteiger partial charge < -0.3 is 20.0 Å². The Morgan fingerprint density at radius 2 is 1.62 bits per heavy atom. The summed E-state index contributed by atoms with van der Waals surface area (Å²) in [7, 11) is 0. The quantitative estimate of drug-likeness (QED) is 0.424. The Hall–Kier alpha value is -2.49. The van der Waals surface area contributed by atoms with E-state index in [2.05, 4.69) is 5.32 Å². The first kappa shape index (κ1) is 27.7. The molecule has 5 nitrogen and oxygen atoms in total. The minimum Gasteiger partial charge on any atom is -0.548 e. The summed E-state index contributed by atoms with van der Waals surface area (Å²) in [5, 5.41) is 14.2. The van der Waals surface area contributed by atoms with Crippen LogP contribution in [0.5, 0.6) is 0 Å². The number of amides is 1. The third kappa shape index (κ3) is 7.78. The van der Waals surface area contributed by atoms with Crippen molar-refractivity contribution in [3.8, 4) is 11.1 Å². The van der Waals surface area contributed by atoms with Crippen molar-refractivity contribution in [1.82, 2.24) is 5.32 Å². The molecule has 0 bridgehead atoms. The molecule has 0 unspecified atom stereocenters. The summed E-state index contributed by atoms with van der Waals surface area (Å²) in [5.74, 6) is -1.09. The third-order valence-corrected chi connectivity index (χ3v) is 5.99. The van der Waals surface area contributed by atoms with Gasteiger partial charge in [0.1, 0.15) is 0 Å². The topological polar surface area (TPSA) is 78.5 Å². The number of carbonyl (C=O) groups excluding carboxylic acids is 2. The van der Waals surface area contributed by atoms with Gasteiger partial charge in [-0.3, -0.25) is 4.79 Å². The zero-order valence-corrected chi connectivity index (χ0v) is 20.7. The predicted octanol–water partition coefficient (Wildman–Crippen LogP) is 0.984. The smallest absolute Gasteiger partial charge is 0.548 e. The first-order valence-electron chi connectivity index (χ1n) is 10.8. The van der Waals surface area contributed by atoms with Gasteiger partial charge in [0.15, 0.2) is 0 Å². The van der Waals surface area contributed by atoms with Crippen LogP contribution in [-0.4, -0.2) is 29.9 Å². The number of benzene rings is 3. The zero-order valence-electron chi connectivity index (χ0n) is 19.9. The second kappa shape index (κ2) is 14.0. The summed E-state index contributed by atoms with van der Waals surface area (Å²) < 4.78 is 5.88. The van der Waals surface area contributed by atoms with E-state index in [1.54, 1.807) is 6.07 Å². The van der Waals surface area contributed by atoms with Gasteiger partial charge in [-0.2, -0.15) is 11.8 Å². The van der Waals surface area contributed by atoms with E-state index in [1.807, 2.05) is 79.9 Å². The molecule has 3 rings (SSSR count). The van der Waals surface area contributed by atoms with E-state index >= 15 is 0 Å². The summed E-state index contributed by atoms with van der Waals surface area (Å²) in [4.78, 5) is 24.6. The summed E-state index contributed by atoms with van der Waals surface area (Å²) in [6.07, 6.45) is 2.20. The standard InChI is InChI=1S/C27H29NO4S.Li/c1-19-8-6-7-11-22(19)24-16-21(18-32-17-20-9-4-3-5-10-20)12-13-23(24)26(29)28-25(27(30)31)14-15-33-2;/h3-13,16,25H,14-15,17-18H2,1-2H3,(H,28,29)(H,30,31);/q;+1/p-1/t25-;/m0./s1. The van der Waals surface area contributed by atoms with Gasteiger partial charge in [0, 0.05) is 5.56 Å². The summed E-state index contributed by atoms with van der Waals surface area (Å²) in [6.45, 7) is 2.87. The van der Waals surface area contributed by atoms with Crippen molar-refractivity contribution in [3.63, 3.8) is 0 Å². The number of aliphatic carboxylic acids is 1. The van der Waals surface area contributed by atoms with E-state index in [9.17, 15) is 14.7 Å². The molecule has 0 fully saturated rings. The van der Waals surface area contributed by atoms with E-state index in [4.69, 9.17) is 4.74 Å². The molecule has 1 N–H and O–H groups in total. The molecule has 0 heterocycles. The second-order valence-electron chi connectivity index (χ2n) is 7.80. The second-order valence-corrected chi connectivity index (χ2v) is 8.79. The number of hydrogen-bond donors (Lipinski definition) is 1. The number of carboxylic acid groups (broad SMARTS) is 1. The number of ether oxygens (including phenoxy) is 1. The number of thioether (sulfide) groups is 1. The van der Waals surface area contributed by atoms with Crippen molar-refractivity contribution in [2.75, 3.05) is 12.0 Å². The molecule has 3 aromatic carbocycles. The molecule has 0 spiro atoms. The Kier molecular flexibility index (Phi) is 11.5. The molecular weight excluding hydrogens is 441 g/mol. The predicted molar refractivity (Wildman–Crippen MR) is 131 cm³/mol. The van der Waals surface area contributed by atoms with Crippen LogP contribution in [0.2, 0.25) is 0 Å². The van der Waals surface area contributed by atoms with Crippen molar-refractivity contribution >= 4 is 23.6 Å². The van der Waals surface area contributed by atoms with Crippen LogP contribution in [0.4, 0.5) is 0 Å². The molecule has 3 aromatic rings. The van der Waals surface area contributed by atoms with Crippen LogP contribution < -0.4 is 29.3 Å². The molecule has 0 aliphatic carbocycles. The van der Waals surface area contributed by atoms with Gasteiger partial charge in [-0.15, -0.1) is 0 Å². The van der Waals surface area contributed by atoms with Gasteiger partial charge in [-0.05, 0) is 65.3 Å². The Balaban J connectivity index is 0.00000408. The fourth-order valence-corrected chi connectivity index (χ4v) is 4.03. The molecule has 0 radical (unpaired) electrons. The maximum atomic E-state index is 13.1. The maximum Gasteiger partial charge on any atom is 1.00 e. The van der Waals surface area contributed by atoms with Gasteiger partial charge in [-0.1, -0.05) is 60.7 Å². The molecule has 0 aliphatic rings. The summed E-state index contributed by atoms with van der Waals surface area (Å²) in [6, 6.07) is 22.2. The molecule has 0 saturated heterocycles.